The van der Waals surface area contributed by atoms with Crippen LogP contribution in [0.2, 0.25) is 0 Å². The molecular formula is C21H13F3N6O2. The molecule has 8 nitrogen and oxygen atoms in total. The van der Waals surface area contributed by atoms with Crippen molar-refractivity contribution >= 4 is 28.0 Å². The van der Waals surface area contributed by atoms with Crippen molar-refractivity contribution in [2.45, 2.75) is 6.18 Å². The van der Waals surface area contributed by atoms with E-state index in [9.17, 15) is 22.8 Å². The fourth-order valence-corrected chi connectivity index (χ4v) is 3.55. The first kappa shape index (κ1) is 19.5. The molecule has 0 saturated heterocycles. The zero-order valence-corrected chi connectivity index (χ0v) is 16.1. The molecule has 4 aromatic heterocycles. The minimum Gasteiger partial charge on any atom is -0.329 e. The SMILES string of the molecule is O=C(Nc1ccc2nccn2c1)c1cnn(-c2cccc3c(=O)[nH]ccc23)c1C(F)(F)F. The minimum absolute atomic E-state index is 0.0276. The Hall–Kier alpha value is -4.41. The zero-order chi connectivity index (χ0) is 22.5. The first-order chi connectivity index (χ1) is 15.3. The summed E-state index contributed by atoms with van der Waals surface area (Å²) in [6, 6.07) is 8.99. The number of halogens is 3. The molecule has 11 heteroatoms. The van der Waals surface area contributed by atoms with E-state index < -0.39 is 28.9 Å². The molecule has 0 aliphatic heterocycles. The molecule has 5 rings (SSSR count). The van der Waals surface area contributed by atoms with Crippen LogP contribution in [0.15, 0.2) is 72.2 Å². The average molecular weight is 438 g/mol. The van der Waals surface area contributed by atoms with Crippen LogP contribution in [0.4, 0.5) is 18.9 Å². The Labute approximate surface area is 176 Å². The lowest BCUT2D eigenvalue weighted by Crippen LogP contribution is -2.21. The molecule has 160 valence electrons. The van der Waals surface area contributed by atoms with Crippen LogP contribution >= 0.6 is 0 Å². The maximum atomic E-state index is 14.1. The second-order valence-corrected chi connectivity index (χ2v) is 6.93. The summed E-state index contributed by atoms with van der Waals surface area (Å²) in [4.78, 5) is 31.4. The molecule has 0 radical (unpaired) electrons. The molecule has 0 aliphatic carbocycles. The van der Waals surface area contributed by atoms with Gasteiger partial charge in [-0.1, -0.05) is 6.07 Å². The number of hydrogen-bond donors (Lipinski definition) is 2. The molecule has 0 unspecified atom stereocenters. The summed E-state index contributed by atoms with van der Waals surface area (Å²) in [6.45, 7) is 0. The molecule has 0 atom stereocenters. The van der Waals surface area contributed by atoms with Gasteiger partial charge in [0.05, 0.1) is 23.1 Å². The number of carbonyl (C=O) groups is 1. The Morgan fingerprint density at radius 3 is 2.75 bits per heavy atom. The van der Waals surface area contributed by atoms with Crippen LogP contribution in [-0.2, 0) is 6.18 Å². The number of pyridine rings is 2. The molecule has 0 fully saturated rings. The third-order valence-corrected chi connectivity index (χ3v) is 4.95. The normalized spacial score (nSPS) is 11.8. The molecule has 4 heterocycles. The Bertz CT molecular complexity index is 1550. The maximum Gasteiger partial charge on any atom is 0.434 e. The van der Waals surface area contributed by atoms with E-state index in [0.717, 1.165) is 6.20 Å². The molecule has 5 aromatic rings. The van der Waals surface area contributed by atoms with E-state index >= 15 is 0 Å². The van der Waals surface area contributed by atoms with Crippen LogP contribution in [0.3, 0.4) is 0 Å². The number of imidazole rings is 1. The molecule has 32 heavy (non-hydrogen) atoms. The summed E-state index contributed by atoms with van der Waals surface area (Å²) in [6.07, 6.45) is 2.05. The smallest absolute Gasteiger partial charge is 0.329 e. The largest absolute Gasteiger partial charge is 0.434 e. The summed E-state index contributed by atoms with van der Waals surface area (Å²) in [7, 11) is 0. The van der Waals surface area contributed by atoms with E-state index in [-0.39, 0.29) is 22.1 Å². The van der Waals surface area contributed by atoms with Gasteiger partial charge in [0.2, 0.25) is 0 Å². The van der Waals surface area contributed by atoms with Crippen LogP contribution in [0.1, 0.15) is 16.1 Å². The number of aromatic nitrogens is 5. The number of rotatable bonds is 3. The molecule has 0 bridgehead atoms. The highest BCUT2D eigenvalue weighted by Gasteiger charge is 2.41. The number of carbonyl (C=O) groups excluding carboxylic acids is 1. The van der Waals surface area contributed by atoms with Gasteiger partial charge in [-0.15, -0.1) is 0 Å². The van der Waals surface area contributed by atoms with Crippen molar-refractivity contribution in [3.05, 3.63) is 89.0 Å². The van der Waals surface area contributed by atoms with Gasteiger partial charge in [-0.2, -0.15) is 18.3 Å². The van der Waals surface area contributed by atoms with Crippen molar-refractivity contribution in [2.75, 3.05) is 5.32 Å². The Morgan fingerprint density at radius 2 is 1.94 bits per heavy atom. The average Bonchev–Trinajstić information content (AvgIpc) is 3.40. The van der Waals surface area contributed by atoms with Gasteiger partial charge >= 0.3 is 6.18 Å². The van der Waals surface area contributed by atoms with Crippen molar-refractivity contribution in [1.82, 2.24) is 24.1 Å². The molecule has 1 amide bonds. The first-order valence-corrected chi connectivity index (χ1v) is 9.33. The van der Waals surface area contributed by atoms with Gasteiger partial charge in [-0.05, 0) is 30.3 Å². The van der Waals surface area contributed by atoms with Gasteiger partial charge in [-0.3, -0.25) is 9.59 Å². The number of alkyl halides is 3. The Balaban J connectivity index is 1.61. The number of anilines is 1. The standard InChI is InChI=1S/C21H13F3N6O2/c22-21(23,24)18-15(20(32)28-12-4-5-17-25-8-9-29(17)11-12)10-27-30(18)16-3-1-2-14-13(16)6-7-26-19(14)31/h1-11H,(H,26,31)(H,28,32). The highest BCUT2D eigenvalue weighted by molar-refractivity contribution is 6.05. The van der Waals surface area contributed by atoms with Gasteiger partial charge in [0, 0.05) is 35.6 Å². The topological polar surface area (TPSA) is 97.1 Å². The number of aromatic amines is 1. The van der Waals surface area contributed by atoms with E-state index in [4.69, 9.17) is 0 Å². The second kappa shape index (κ2) is 7.08. The van der Waals surface area contributed by atoms with Crippen molar-refractivity contribution in [1.29, 1.82) is 0 Å². The van der Waals surface area contributed by atoms with E-state index in [1.54, 1.807) is 22.9 Å². The minimum atomic E-state index is -4.89. The van der Waals surface area contributed by atoms with Crippen LogP contribution in [0.5, 0.6) is 0 Å². The van der Waals surface area contributed by atoms with Crippen LogP contribution < -0.4 is 10.9 Å². The number of nitrogens with zero attached hydrogens (tertiary/aromatic N) is 4. The monoisotopic (exact) mass is 438 g/mol. The molecule has 2 N–H and O–H groups in total. The van der Waals surface area contributed by atoms with Crippen LogP contribution in [0, 0.1) is 0 Å². The van der Waals surface area contributed by atoms with Gasteiger partial charge in [0.1, 0.15) is 5.65 Å². The van der Waals surface area contributed by atoms with Crippen molar-refractivity contribution in [3.63, 3.8) is 0 Å². The van der Waals surface area contributed by atoms with Crippen LogP contribution in [0.25, 0.3) is 22.1 Å². The maximum absolute atomic E-state index is 14.1. The van der Waals surface area contributed by atoms with Crippen molar-refractivity contribution in [2.24, 2.45) is 0 Å². The highest BCUT2D eigenvalue weighted by atomic mass is 19.4. The number of benzene rings is 1. The predicted molar refractivity (Wildman–Crippen MR) is 110 cm³/mol. The van der Waals surface area contributed by atoms with E-state index in [1.807, 2.05) is 0 Å². The molecule has 0 aliphatic rings. The number of nitrogens with one attached hydrogen (secondary N) is 2. The van der Waals surface area contributed by atoms with Crippen molar-refractivity contribution in [3.8, 4) is 5.69 Å². The van der Waals surface area contributed by atoms with Gasteiger partial charge in [-0.25, -0.2) is 9.67 Å². The van der Waals surface area contributed by atoms with E-state index in [2.05, 4.69) is 20.4 Å². The lowest BCUT2D eigenvalue weighted by Gasteiger charge is -2.14. The lowest BCUT2D eigenvalue weighted by atomic mass is 10.1. The number of fused-ring (bicyclic) bond motifs is 2. The third kappa shape index (κ3) is 3.20. The van der Waals surface area contributed by atoms with Crippen LogP contribution in [-0.4, -0.2) is 30.1 Å². The lowest BCUT2D eigenvalue weighted by molar-refractivity contribution is -0.143. The summed E-state index contributed by atoms with van der Waals surface area (Å²) in [5.41, 5.74) is -1.40. The van der Waals surface area contributed by atoms with Gasteiger partial charge < -0.3 is 14.7 Å². The Morgan fingerprint density at radius 1 is 1.09 bits per heavy atom. The quantitative estimate of drug-likeness (QED) is 0.450. The summed E-state index contributed by atoms with van der Waals surface area (Å²) < 4.78 is 44.4. The summed E-state index contributed by atoms with van der Waals surface area (Å²) in [5.74, 6) is -0.971. The highest BCUT2D eigenvalue weighted by Crippen LogP contribution is 2.35. The number of H-pyrrole nitrogens is 1. The molecule has 0 spiro atoms. The van der Waals surface area contributed by atoms with Gasteiger partial charge in [0.25, 0.3) is 11.5 Å². The first-order valence-electron chi connectivity index (χ1n) is 9.33. The zero-order valence-electron chi connectivity index (χ0n) is 16.1. The molecular weight excluding hydrogens is 425 g/mol. The fraction of sp³-hybridized carbons (Fsp3) is 0.0476. The van der Waals surface area contributed by atoms with Gasteiger partial charge in [0.15, 0.2) is 5.69 Å². The van der Waals surface area contributed by atoms with E-state index in [0.29, 0.717) is 10.3 Å². The predicted octanol–water partition coefficient (Wildman–Crippen LogP) is 3.63. The number of amides is 1. The summed E-state index contributed by atoms with van der Waals surface area (Å²) in [5, 5.41) is 6.78. The molecule has 0 saturated carbocycles. The van der Waals surface area contributed by atoms with E-state index in [1.165, 1.54) is 42.7 Å². The number of hydrogen-bond acceptors (Lipinski definition) is 4. The molecule has 1 aromatic carbocycles. The fourth-order valence-electron chi connectivity index (χ4n) is 3.55. The Kier molecular flexibility index (Phi) is 4.33. The summed E-state index contributed by atoms with van der Waals surface area (Å²) >= 11 is 0. The second-order valence-electron chi connectivity index (χ2n) is 6.93. The third-order valence-electron chi connectivity index (χ3n) is 4.95. The van der Waals surface area contributed by atoms with Crippen molar-refractivity contribution < 1.29 is 18.0 Å².